The molecule has 0 aromatic heterocycles. The number of benzene rings is 11. The molecule has 11 rings (SSSR count). The van der Waals surface area contributed by atoms with Crippen LogP contribution in [0.5, 0.6) is 0 Å². The molecule has 11 aromatic carbocycles. The molecule has 352 valence electrons. The van der Waals surface area contributed by atoms with E-state index in [9.17, 15) is 0 Å². The Kier molecular flexibility index (Phi) is 13.8. The molecule has 11 aromatic rings. The van der Waals surface area contributed by atoms with Crippen molar-refractivity contribution in [2.45, 2.75) is 26.1 Å². The third kappa shape index (κ3) is 10.1. The van der Waals surface area contributed by atoms with Crippen LogP contribution in [0.15, 0.2) is 285 Å². The predicted octanol–water partition coefficient (Wildman–Crippen LogP) is 18.9. The van der Waals surface area contributed by atoms with Gasteiger partial charge in [-0.15, -0.1) is 0 Å². The SMILES string of the molecule is CCN(c1ccccc1)C(NC(C)c1cc(-c2cc(-c3ccccc3)cc(-c3ccccc3)c2-c2ccccc2)cc(-c2cc(-c3ccccc3)cc(-c3ccccc3)c2-c2ccccc2)c1)c1ccccc1. The van der Waals surface area contributed by atoms with Gasteiger partial charge in [-0.2, -0.15) is 0 Å². The van der Waals surface area contributed by atoms with Crippen molar-refractivity contribution in [1.82, 2.24) is 5.32 Å². The van der Waals surface area contributed by atoms with Crippen molar-refractivity contribution in [2.75, 3.05) is 11.4 Å². The quantitative estimate of drug-likeness (QED) is 0.103. The minimum Gasteiger partial charge on any atom is -0.352 e. The van der Waals surface area contributed by atoms with Gasteiger partial charge in [0, 0.05) is 18.3 Å². The molecule has 0 spiro atoms. The van der Waals surface area contributed by atoms with Gasteiger partial charge in [0.1, 0.15) is 6.17 Å². The van der Waals surface area contributed by atoms with Gasteiger partial charge in [-0.25, -0.2) is 0 Å². The van der Waals surface area contributed by atoms with Crippen LogP contribution in [0.25, 0.3) is 89.0 Å². The van der Waals surface area contributed by atoms with Crippen molar-refractivity contribution in [3.05, 3.63) is 296 Å². The first-order valence-corrected chi connectivity index (χ1v) is 25.6. The number of hydrogen-bond donors (Lipinski definition) is 1. The number of nitrogens with zero attached hydrogens (tertiary/aromatic N) is 1. The van der Waals surface area contributed by atoms with Crippen LogP contribution in [0.3, 0.4) is 0 Å². The third-order valence-electron chi connectivity index (χ3n) is 14.1. The lowest BCUT2D eigenvalue weighted by atomic mass is 9.81. The zero-order valence-corrected chi connectivity index (χ0v) is 41.4. The van der Waals surface area contributed by atoms with Gasteiger partial charge in [-0.3, -0.25) is 5.32 Å². The summed E-state index contributed by atoms with van der Waals surface area (Å²) in [6.07, 6.45) is -0.118. The number of nitrogens with one attached hydrogen (secondary N) is 1. The summed E-state index contributed by atoms with van der Waals surface area (Å²) in [5.41, 5.74) is 22.3. The van der Waals surface area contributed by atoms with Gasteiger partial charge in [-0.05, 0) is 169 Å². The van der Waals surface area contributed by atoms with Gasteiger partial charge in [-0.1, -0.05) is 231 Å². The molecule has 0 saturated carbocycles. The second-order valence-corrected chi connectivity index (χ2v) is 18.8. The van der Waals surface area contributed by atoms with E-state index >= 15 is 0 Å². The van der Waals surface area contributed by atoms with Crippen LogP contribution in [0.1, 0.15) is 37.2 Å². The van der Waals surface area contributed by atoms with Crippen molar-refractivity contribution >= 4 is 5.69 Å². The molecule has 0 radical (unpaired) electrons. The first-order chi connectivity index (χ1) is 36.1. The highest BCUT2D eigenvalue weighted by Gasteiger charge is 2.26. The van der Waals surface area contributed by atoms with E-state index in [1.54, 1.807) is 0 Å². The molecule has 1 N–H and O–H groups in total. The fourth-order valence-electron chi connectivity index (χ4n) is 10.5. The fourth-order valence-corrected chi connectivity index (χ4v) is 10.5. The first-order valence-electron chi connectivity index (χ1n) is 25.6. The molecule has 73 heavy (non-hydrogen) atoms. The van der Waals surface area contributed by atoms with E-state index in [1.807, 2.05) is 0 Å². The Morgan fingerprint density at radius 3 is 0.986 bits per heavy atom. The summed E-state index contributed by atoms with van der Waals surface area (Å²) in [5.74, 6) is 0. The lowest BCUT2D eigenvalue weighted by Gasteiger charge is -2.36. The largest absolute Gasteiger partial charge is 0.352 e. The fraction of sp³-hybridized carbons (Fsp3) is 0.0704. The molecule has 0 aliphatic carbocycles. The molecular weight excluding hydrogens is 881 g/mol. The van der Waals surface area contributed by atoms with E-state index < -0.39 is 0 Å². The standard InChI is InChI=1S/C71H58N2/c1-3-73(64-42-26-11-27-43-64)71(58-40-24-10-25-41-58)72-51(2)59-44-62(67-49-60(52-28-12-4-13-29-52)47-65(54-32-16-6-17-33-54)69(67)56-36-20-8-21-37-56)46-63(45-59)68-50-61(53-30-14-5-15-31-53)48-66(55-34-18-7-19-35-55)70(68)57-38-22-9-23-39-57/h4-51,71-72H,3H2,1-2H3. The molecule has 0 aliphatic rings. The Morgan fingerprint density at radius 2 is 0.616 bits per heavy atom. The molecule has 0 aliphatic heterocycles. The molecule has 0 bridgehead atoms. The third-order valence-corrected chi connectivity index (χ3v) is 14.1. The Labute approximate surface area is 431 Å². The average Bonchev–Trinajstić information content (AvgIpc) is 3.48. The van der Waals surface area contributed by atoms with Crippen LogP contribution < -0.4 is 10.2 Å². The first kappa shape index (κ1) is 46.6. The van der Waals surface area contributed by atoms with Crippen molar-refractivity contribution in [1.29, 1.82) is 0 Å². The van der Waals surface area contributed by atoms with Gasteiger partial charge in [0.25, 0.3) is 0 Å². The molecule has 0 amide bonds. The molecule has 2 unspecified atom stereocenters. The monoisotopic (exact) mass is 938 g/mol. The highest BCUT2D eigenvalue weighted by molar-refractivity contribution is 6.01. The maximum Gasteiger partial charge on any atom is 0.106 e. The van der Waals surface area contributed by atoms with E-state index in [0.717, 1.165) is 17.7 Å². The predicted molar refractivity (Wildman–Crippen MR) is 310 cm³/mol. The van der Waals surface area contributed by atoms with Crippen LogP contribution in [0.2, 0.25) is 0 Å². The zero-order valence-electron chi connectivity index (χ0n) is 41.4. The molecule has 2 heteroatoms. The Morgan fingerprint density at radius 1 is 0.301 bits per heavy atom. The normalized spacial score (nSPS) is 12.0. The maximum absolute atomic E-state index is 4.22. The number of para-hydroxylation sites is 1. The van der Waals surface area contributed by atoms with Crippen molar-refractivity contribution in [2.24, 2.45) is 0 Å². The van der Waals surface area contributed by atoms with E-state index in [4.69, 9.17) is 0 Å². The van der Waals surface area contributed by atoms with E-state index in [1.165, 1.54) is 94.7 Å². The summed E-state index contributed by atoms with van der Waals surface area (Å²) in [6, 6.07) is 104. The molecule has 2 atom stereocenters. The highest BCUT2D eigenvalue weighted by Crippen LogP contribution is 2.48. The zero-order chi connectivity index (χ0) is 49.3. The minimum absolute atomic E-state index is 0.0983. The van der Waals surface area contributed by atoms with Crippen LogP contribution in [0, 0.1) is 0 Å². The van der Waals surface area contributed by atoms with Gasteiger partial charge in [0.05, 0.1) is 0 Å². The van der Waals surface area contributed by atoms with Crippen molar-refractivity contribution in [3.63, 3.8) is 0 Å². The Balaban J connectivity index is 1.22. The lowest BCUT2D eigenvalue weighted by molar-refractivity contribution is 0.449. The smallest absolute Gasteiger partial charge is 0.106 e. The number of rotatable bonds is 15. The summed E-state index contributed by atoms with van der Waals surface area (Å²) < 4.78 is 0. The highest BCUT2D eigenvalue weighted by atomic mass is 15.3. The van der Waals surface area contributed by atoms with Crippen LogP contribution >= 0.6 is 0 Å². The molecular formula is C71H58N2. The van der Waals surface area contributed by atoms with Crippen LogP contribution in [0.4, 0.5) is 5.69 Å². The summed E-state index contributed by atoms with van der Waals surface area (Å²) in [5, 5.41) is 4.22. The van der Waals surface area contributed by atoms with Crippen LogP contribution in [-0.2, 0) is 0 Å². The Hall–Kier alpha value is -8.82. The Bertz CT molecular complexity index is 3360. The second kappa shape index (κ2) is 21.7. The summed E-state index contributed by atoms with van der Waals surface area (Å²) in [7, 11) is 0. The second-order valence-electron chi connectivity index (χ2n) is 18.8. The van der Waals surface area contributed by atoms with Gasteiger partial charge < -0.3 is 4.90 Å². The van der Waals surface area contributed by atoms with E-state index in [2.05, 4.69) is 309 Å². The lowest BCUT2D eigenvalue weighted by Crippen LogP contribution is -2.39. The van der Waals surface area contributed by atoms with E-state index in [0.29, 0.717) is 0 Å². The summed E-state index contributed by atoms with van der Waals surface area (Å²) in [4.78, 5) is 2.47. The van der Waals surface area contributed by atoms with Gasteiger partial charge in [0.2, 0.25) is 0 Å². The molecule has 0 heterocycles. The number of hydrogen-bond acceptors (Lipinski definition) is 2. The summed E-state index contributed by atoms with van der Waals surface area (Å²) >= 11 is 0. The van der Waals surface area contributed by atoms with Gasteiger partial charge >= 0.3 is 0 Å². The molecule has 2 nitrogen and oxygen atoms in total. The average molecular weight is 939 g/mol. The van der Waals surface area contributed by atoms with Crippen molar-refractivity contribution < 1.29 is 0 Å². The summed E-state index contributed by atoms with van der Waals surface area (Å²) in [6.45, 7) is 5.40. The topological polar surface area (TPSA) is 15.3 Å². The molecule has 0 fully saturated rings. The van der Waals surface area contributed by atoms with Crippen molar-refractivity contribution in [3.8, 4) is 89.0 Å². The van der Waals surface area contributed by atoms with Gasteiger partial charge in [0.15, 0.2) is 0 Å². The minimum atomic E-state index is -0.118. The maximum atomic E-state index is 4.22. The number of anilines is 1. The van der Waals surface area contributed by atoms with E-state index in [-0.39, 0.29) is 12.2 Å². The van der Waals surface area contributed by atoms with Crippen LogP contribution in [-0.4, -0.2) is 6.54 Å². The molecule has 0 saturated heterocycles.